The number of nitrogens with zero attached hydrogens (tertiary/aromatic N) is 1. The summed E-state index contributed by atoms with van der Waals surface area (Å²) < 4.78 is 0. The SMILES string of the molecule is O=C(O)c1cccc2c1CCN(C1CCCC1O)C2. The molecule has 4 heteroatoms. The first-order chi connectivity index (χ1) is 9.16. The number of carboxylic acid groups (broad SMARTS) is 1. The lowest BCUT2D eigenvalue weighted by atomic mass is 9.93. The molecule has 1 fully saturated rings. The van der Waals surface area contributed by atoms with Gasteiger partial charge in [-0.1, -0.05) is 12.1 Å². The average Bonchev–Trinajstić information content (AvgIpc) is 2.83. The Hall–Kier alpha value is -1.39. The second kappa shape index (κ2) is 4.94. The molecule has 3 rings (SSSR count). The van der Waals surface area contributed by atoms with E-state index in [9.17, 15) is 15.0 Å². The topological polar surface area (TPSA) is 60.8 Å². The Kier molecular flexibility index (Phi) is 3.29. The van der Waals surface area contributed by atoms with Crippen molar-refractivity contribution in [3.8, 4) is 0 Å². The summed E-state index contributed by atoms with van der Waals surface area (Å²) >= 11 is 0. The van der Waals surface area contributed by atoms with Crippen LogP contribution in [0, 0.1) is 0 Å². The molecule has 102 valence electrons. The van der Waals surface area contributed by atoms with E-state index >= 15 is 0 Å². The Bertz CT molecular complexity index is 500. The van der Waals surface area contributed by atoms with E-state index in [0.29, 0.717) is 5.56 Å². The van der Waals surface area contributed by atoms with Crippen LogP contribution in [0.5, 0.6) is 0 Å². The number of aliphatic hydroxyl groups is 1. The van der Waals surface area contributed by atoms with Crippen molar-refractivity contribution >= 4 is 5.97 Å². The minimum absolute atomic E-state index is 0.218. The molecule has 2 N–H and O–H groups in total. The summed E-state index contributed by atoms with van der Waals surface area (Å²) in [5.41, 5.74) is 2.51. The van der Waals surface area contributed by atoms with Crippen molar-refractivity contribution < 1.29 is 15.0 Å². The van der Waals surface area contributed by atoms with E-state index in [-0.39, 0.29) is 12.1 Å². The smallest absolute Gasteiger partial charge is 0.335 e. The van der Waals surface area contributed by atoms with Crippen molar-refractivity contribution in [2.45, 2.75) is 44.4 Å². The molecule has 1 aliphatic carbocycles. The van der Waals surface area contributed by atoms with Gasteiger partial charge in [-0.2, -0.15) is 0 Å². The molecular formula is C15H19NO3. The summed E-state index contributed by atoms with van der Waals surface area (Å²) in [5, 5.41) is 19.2. The molecule has 19 heavy (non-hydrogen) atoms. The summed E-state index contributed by atoms with van der Waals surface area (Å²) in [5.74, 6) is -0.841. The summed E-state index contributed by atoms with van der Waals surface area (Å²) in [6.07, 6.45) is 3.58. The fourth-order valence-corrected chi connectivity index (χ4v) is 3.46. The largest absolute Gasteiger partial charge is 0.478 e. The highest BCUT2D eigenvalue weighted by Crippen LogP contribution is 2.30. The van der Waals surface area contributed by atoms with Crippen molar-refractivity contribution in [2.24, 2.45) is 0 Å². The lowest BCUT2D eigenvalue weighted by Crippen LogP contribution is -2.43. The van der Waals surface area contributed by atoms with Crippen molar-refractivity contribution in [2.75, 3.05) is 6.54 Å². The summed E-state index contributed by atoms with van der Waals surface area (Å²) in [6.45, 7) is 1.61. The van der Waals surface area contributed by atoms with Gasteiger partial charge in [-0.3, -0.25) is 4.90 Å². The molecule has 0 saturated heterocycles. The Morgan fingerprint density at radius 1 is 1.32 bits per heavy atom. The zero-order valence-electron chi connectivity index (χ0n) is 10.9. The first kappa shape index (κ1) is 12.6. The van der Waals surface area contributed by atoms with Crippen molar-refractivity contribution in [3.05, 3.63) is 34.9 Å². The first-order valence-corrected chi connectivity index (χ1v) is 6.93. The van der Waals surface area contributed by atoms with Crippen LogP contribution >= 0.6 is 0 Å². The van der Waals surface area contributed by atoms with Crippen LogP contribution < -0.4 is 0 Å². The number of carbonyl (C=O) groups is 1. The molecule has 0 spiro atoms. The zero-order valence-corrected chi connectivity index (χ0v) is 10.9. The van der Waals surface area contributed by atoms with Crippen LogP contribution in [0.1, 0.15) is 40.7 Å². The summed E-state index contributed by atoms with van der Waals surface area (Å²) in [7, 11) is 0. The maximum Gasteiger partial charge on any atom is 0.335 e. The van der Waals surface area contributed by atoms with Crippen LogP contribution in [-0.2, 0) is 13.0 Å². The first-order valence-electron chi connectivity index (χ1n) is 6.93. The summed E-state index contributed by atoms with van der Waals surface area (Å²) in [4.78, 5) is 13.5. The van der Waals surface area contributed by atoms with Gasteiger partial charge in [0.25, 0.3) is 0 Å². The van der Waals surface area contributed by atoms with Gasteiger partial charge in [-0.25, -0.2) is 4.79 Å². The minimum atomic E-state index is -0.841. The highest BCUT2D eigenvalue weighted by atomic mass is 16.4. The van der Waals surface area contributed by atoms with Gasteiger partial charge < -0.3 is 10.2 Å². The number of carboxylic acids is 1. The molecule has 0 amide bonds. The highest BCUT2D eigenvalue weighted by Gasteiger charge is 2.33. The van der Waals surface area contributed by atoms with E-state index in [4.69, 9.17) is 0 Å². The van der Waals surface area contributed by atoms with E-state index in [0.717, 1.165) is 49.9 Å². The number of benzene rings is 1. The monoisotopic (exact) mass is 261 g/mol. The van der Waals surface area contributed by atoms with Crippen LogP contribution in [-0.4, -0.2) is 39.8 Å². The van der Waals surface area contributed by atoms with Gasteiger partial charge in [0.05, 0.1) is 11.7 Å². The van der Waals surface area contributed by atoms with Crippen LogP contribution in [0.2, 0.25) is 0 Å². The quantitative estimate of drug-likeness (QED) is 0.850. The number of rotatable bonds is 2. The third-order valence-electron chi connectivity index (χ3n) is 4.44. The highest BCUT2D eigenvalue weighted by molar-refractivity contribution is 5.89. The molecule has 4 nitrogen and oxygen atoms in total. The maximum atomic E-state index is 11.2. The average molecular weight is 261 g/mol. The van der Waals surface area contributed by atoms with Crippen LogP contribution in [0.15, 0.2) is 18.2 Å². The normalized spacial score (nSPS) is 27.2. The maximum absolute atomic E-state index is 11.2. The zero-order chi connectivity index (χ0) is 13.4. The molecule has 0 bridgehead atoms. The van der Waals surface area contributed by atoms with E-state index in [1.165, 1.54) is 0 Å². The number of fused-ring (bicyclic) bond motifs is 1. The van der Waals surface area contributed by atoms with Crippen molar-refractivity contribution in [1.29, 1.82) is 0 Å². The van der Waals surface area contributed by atoms with Crippen LogP contribution in [0.4, 0.5) is 0 Å². The van der Waals surface area contributed by atoms with Gasteiger partial charge in [-0.05, 0) is 42.9 Å². The number of aromatic carboxylic acids is 1. The summed E-state index contributed by atoms with van der Waals surface area (Å²) in [6, 6.07) is 5.76. The molecule has 0 aromatic heterocycles. The molecule has 0 radical (unpaired) electrons. The molecule has 1 aliphatic heterocycles. The standard InChI is InChI=1S/C15H19NO3/c17-14-6-2-5-13(14)16-8-7-11-10(9-16)3-1-4-12(11)15(18)19/h1,3-4,13-14,17H,2,5-9H2,(H,18,19). The van der Waals surface area contributed by atoms with Gasteiger partial charge in [0.15, 0.2) is 0 Å². The third kappa shape index (κ3) is 2.26. The van der Waals surface area contributed by atoms with E-state index in [2.05, 4.69) is 4.90 Å². The predicted molar refractivity (Wildman–Crippen MR) is 71.2 cm³/mol. The van der Waals surface area contributed by atoms with Crippen LogP contribution in [0.3, 0.4) is 0 Å². The Morgan fingerprint density at radius 3 is 2.84 bits per heavy atom. The second-order valence-corrected chi connectivity index (χ2v) is 5.53. The molecule has 1 aromatic rings. The lowest BCUT2D eigenvalue weighted by Gasteiger charge is -2.35. The predicted octanol–water partition coefficient (Wildman–Crippen LogP) is 1.66. The second-order valence-electron chi connectivity index (χ2n) is 5.53. The molecule has 2 unspecified atom stereocenters. The minimum Gasteiger partial charge on any atom is -0.478 e. The molecule has 1 aromatic carbocycles. The van der Waals surface area contributed by atoms with E-state index in [1.807, 2.05) is 12.1 Å². The van der Waals surface area contributed by atoms with E-state index in [1.54, 1.807) is 6.07 Å². The molecule has 2 aliphatic rings. The number of hydrogen-bond acceptors (Lipinski definition) is 3. The van der Waals surface area contributed by atoms with E-state index < -0.39 is 5.97 Å². The Balaban J connectivity index is 1.84. The van der Waals surface area contributed by atoms with Gasteiger partial charge in [-0.15, -0.1) is 0 Å². The van der Waals surface area contributed by atoms with Crippen LogP contribution in [0.25, 0.3) is 0 Å². The number of aliphatic hydroxyl groups excluding tert-OH is 1. The Labute approximate surface area is 112 Å². The lowest BCUT2D eigenvalue weighted by molar-refractivity contribution is 0.0613. The number of hydrogen-bond donors (Lipinski definition) is 2. The van der Waals surface area contributed by atoms with Crippen molar-refractivity contribution in [3.63, 3.8) is 0 Å². The molecule has 1 saturated carbocycles. The molecule has 2 atom stereocenters. The van der Waals surface area contributed by atoms with Gasteiger partial charge >= 0.3 is 5.97 Å². The Morgan fingerprint density at radius 2 is 2.16 bits per heavy atom. The van der Waals surface area contributed by atoms with Gasteiger partial charge in [0, 0.05) is 19.1 Å². The molecular weight excluding hydrogens is 242 g/mol. The van der Waals surface area contributed by atoms with Gasteiger partial charge in [0.1, 0.15) is 0 Å². The third-order valence-corrected chi connectivity index (χ3v) is 4.44. The van der Waals surface area contributed by atoms with Crippen molar-refractivity contribution in [1.82, 2.24) is 4.90 Å². The fourth-order valence-electron chi connectivity index (χ4n) is 3.46. The van der Waals surface area contributed by atoms with Gasteiger partial charge in [0.2, 0.25) is 0 Å². The molecule has 1 heterocycles. The fraction of sp³-hybridized carbons (Fsp3) is 0.533.